The van der Waals surface area contributed by atoms with E-state index < -0.39 is 23.6 Å². The van der Waals surface area contributed by atoms with Crippen LogP contribution in [-0.4, -0.2) is 46.5 Å². The minimum atomic E-state index is -1.63. The lowest BCUT2D eigenvalue weighted by Crippen LogP contribution is -2.52. The van der Waals surface area contributed by atoms with Crippen molar-refractivity contribution in [1.29, 1.82) is 0 Å². The first-order chi connectivity index (χ1) is 15.3. The number of nitrogens with one attached hydrogen (secondary N) is 2. The van der Waals surface area contributed by atoms with Gasteiger partial charge in [-0.25, -0.2) is 4.79 Å². The summed E-state index contributed by atoms with van der Waals surface area (Å²) in [5.74, 6) is -0.216. The van der Waals surface area contributed by atoms with Gasteiger partial charge in [0, 0.05) is 23.7 Å². The number of ether oxygens (including phenoxy) is 1. The Morgan fingerprint density at radius 2 is 2.09 bits per heavy atom. The predicted molar refractivity (Wildman–Crippen MR) is 111 cm³/mol. The number of furan rings is 1. The molecule has 0 saturated carbocycles. The number of urea groups is 1. The zero-order valence-electron chi connectivity index (χ0n) is 17.3. The van der Waals surface area contributed by atoms with Gasteiger partial charge in [0.25, 0.3) is 11.8 Å². The van der Waals surface area contributed by atoms with Gasteiger partial charge in [0.05, 0.1) is 25.5 Å². The van der Waals surface area contributed by atoms with Gasteiger partial charge in [-0.2, -0.15) is 0 Å². The number of rotatable bonds is 5. The molecule has 1 aromatic carbocycles. The molecule has 2 unspecified atom stereocenters. The molecule has 3 N–H and O–H groups in total. The van der Waals surface area contributed by atoms with Crippen molar-refractivity contribution in [1.82, 2.24) is 20.5 Å². The van der Waals surface area contributed by atoms with Crippen molar-refractivity contribution in [3.8, 4) is 5.75 Å². The standard InChI is InChI=1S/C22H20N4O6/c1-11(27)18-15-8-17(32-16(15)5-6-23-18)22(20(29)24-21(30)25-22)10-26-9-12-3-4-13(31-2)7-14(12)19(26)28/h3-8,11,27H,9-10H2,1-2H3,(H2,24,25,29,30). The summed E-state index contributed by atoms with van der Waals surface area (Å²) in [4.78, 5) is 43.9. The Morgan fingerprint density at radius 1 is 1.28 bits per heavy atom. The fraction of sp³-hybridized carbons (Fsp3) is 0.273. The first-order valence-electron chi connectivity index (χ1n) is 9.99. The molecule has 3 aromatic rings. The lowest BCUT2D eigenvalue weighted by Gasteiger charge is -2.29. The van der Waals surface area contributed by atoms with Crippen molar-refractivity contribution in [2.45, 2.75) is 25.1 Å². The van der Waals surface area contributed by atoms with E-state index in [0.29, 0.717) is 28.0 Å². The van der Waals surface area contributed by atoms with Crippen LogP contribution in [0.3, 0.4) is 0 Å². The molecule has 0 aliphatic carbocycles. The number of aliphatic hydroxyl groups excluding tert-OH is 1. The summed E-state index contributed by atoms with van der Waals surface area (Å²) >= 11 is 0. The topological polar surface area (TPSA) is 134 Å². The van der Waals surface area contributed by atoms with Crippen molar-refractivity contribution >= 4 is 28.8 Å². The van der Waals surface area contributed by atoms with E-state index in [9.17, 15) is 19.5 Å². The molecule has 2 aliphatic heterocycles. The maximum Gasteiger partial charge on any atom is 0.322 e. The number of hydrogen-bond donors (Lipinski definition) is 3. The molecule has 2 atom stereocenters. The van der Waals surface area contributed by atoms with E-state index in [-0.39, 0.29) is 24.8 Å². The minimum absolute atomic E-state index is 0.141. The number of methoxy groups -OCH3 is 1. The van der Waals surface area contributed by atoms with Crippen molar-refractivity contribution in [2.75, 3.05) is 13.7 Å². The Hall–Kier alpha value is -3.92. The maximum absolute atomic E-state index is 13.1. The number of pyridine rings is 1. The molecule has 4 amide bonds. The highest BCUT2D eigenvalue weighted by atomic mass is 16.5. The highest BCUT2D eigenvalue weighted by Gasteiger charge is 2.53. The van der Waals surface area contributed by atoms with Gasteiger partial charge in [0.1, 0.15) is 17.1 Å². The summed E-state index contributed by atoms with van der Waals surface area (Å²) in [7, 11) is 1.52. The van der Waals surface area contributed by atoms with Gasteiger partial charge < -0.3 is 24.5 Å². The number of nitrogens with zero attached hydrogens (tertiary/aromatic N) is 2. The van der Waals surface area contributed by atoms with Gasteiger partial charge in [-0.3, -0.25) is 19.9 Å². The summed E-state index contributed by atoms with van der Waals surface area (Å²) in [5.41, 5.74) is 0.429. The third-order valence-electron chi connectivity index (χ3n) is 5.86. The maximum atomic E-state index is 13.1. The Kier molecular flexibility index (Phi) is 4.41. The smallest absolute Gasteiger partial charge is 0.322 e. The van der Waals surface area contributed by atoms with E-state index in [1.807, 2.05) is 0 Å². The van der Waals surface area contributed by atoms with Crippen LogP contribution in [-0.2, 0) is 16.9 Å². The number of imide groups is 1. The number of amides is 4. The van der Waals surface area contributed by atoms with Crippen LogP contribution in [0.1, 0.15) is 40.4 Å². The molecule has 5 rings (SSSR count). The molecule has 2 aliphatic rings. The number of benzene rings is 1. The second kappa shape index (κ2) is 7.06. The molecule has 10 heteroatoms. The molecule has 1 saturated heterocycles. The number of carbonyl (C=O) groups is 3. The second-order valence-electron chi connectivity index (χ2n) is 7.89. The Balaban J connectivity index is 1.57. The molecule has 0 radical (unpaired) electrons. The Bertz CT molecular complexity index is 1280. The van der Waals surface area contributed by atoms with E-state index in [1.165, 1.54) is 18.2 Å². The largest absolute Gasteiger partial charge is 0.497 e. The van der Waals surface area contributed by atoms with Gasteiger partial charge in [-0.05, 0) is 36.8 Å². The zero-order chi connectivity index (χ0) is 22.6. The molecular weight excluding hydrogens is 416 g/mol. The molecule has 0 bridgehead atoms. The molecule has 1 fully saturated rings. The number of hydrogen-bond acceptors (Lipinski definition) is 7. The number of aliphatic hydroxyl groups is 1. The molecule has 164 valence electrons. The SMILES string of the molecule is COc1ccc2c(c1)C(=O)N(CC1(c3cc4c(C(C)O)nccc4o3)NC(=O)NC1=O)C2. The number of aromatic nitrogens is 1. The highest BCUT2D eigenvalue weighted by Crippen LogP contribution is 2.36. The van der Waals surface area contributed by atoms with E-state index >= 15 is 0 Å². The van der Waals surface area contributed by atoms with E-state index in [2.05, 4.69) is 15.6 Å². The van der Waals surface area contributed by atoms with Crippen LogP contribution < -0.4 is 15.4 Å². The van der Waals surface area contributed by atoms with Gasteiger partial charge in [0.2, 0.25) is 0 Å². The average Bonchev–Trinajstić information content (AvgIpc) is 3.42. The first kappa shape index (κ1) is 20.0. The Labute approximate surface area is 182 Å². The van der Waals surface area contributed by atoms with E-state index in [1.54, 1.807) is 37.3 Å². The predicted octanol–water partition coefficient (Wildman–Crippen LogP) is 1.58. The number of carbonyl (C=O) groups excluding carboxylic acids is 3. The summed E-state index contributed by atoms with van der Waals surface area (Å²) in [5, 5.41) is 15.5. The molecule has 4 heterocycles. The van der Waals surface area contributed by atoms with Crippen molar-refractivity contribution < 1.29 is 28.6 Å². The monoisotopic (exact) mass is 436 g/mol. The van der Waals surface area contributed by atoms with Crippen molar-refractivity contribution in [2.24, 2.45) is 0 Å². The minimum Gasteiger partial charge on any atom is -0.497 e. The fourth-order valence-corrected chi connectivity index (χ4v) is 4.26. The van der Waals surface area contributed by atoms with Crippen LogP contribution in [0.25, 0.3) is 11.0 Å². The average molecular weight is 436 g/mol. The summed E-state index contributed by atoms with van der Waals surface area (Å²) in [6.07, 6.45) is 0.628. The summed E-state index contributed by atoms with van der Waals surface area (Å²) in [6.45, 7) is 1.70. The third kappa shape index (κ3) is 2.91. The van der Waals surface area contributed by atoms with Crippen LogP contribution in [0, 0.1) is 0 Å². The Morgan fingerprint density at radius 3 is 2.78 bits per heavy atom. The zero-order valence-corrected chi connectivity index (χ0v) is 17.3. The summed E-state index contributed by atoms with van der Waals surface area (Å²) in [6, 6.07) is 7.71. The normalized spacial score (nSPS) is 21.0. The van der Waals surface area contributed by atoms with Gasteiger partial charge in [-0.15, -0.1) is 0 Å². The van der Waals surface area contributed by atoms with E-state index in [4.69, 9.17) is 9.15 Å². The highest BCUT2D eigenvalue weighted by molar-refractivity contribution is 6.08. The molecule has 2 aromatic heterocycles. The van der Waals surface area contributed by atoms with Gasteiger partial charge in [0.15, 0.2) is 5.54 Å². The lowest BCUT2D eigenvalue weighted by atomic mass is 9.95. The third-order valence-corrected chi connectivity index (χ3v) is 5.86. The van der Waals surface area contributed by atoms with Crippen molar-refractivity contribution in [3.63, 3.8) is 0 Å². The molecule has 10 nitrogen and oxygen atoms in total. The van der Waals surface area contributed by atoms with Gasteiger partial charge >= 0.3 is 6.03 Å². The summed E-state index contributed by atoms with van der Waals surface area (Å²) < 4.78 is 11.1. The molecule has 32 heavy (non-hydrogen) atoms. The number of fused-ring (bicyclic) bond motifs is 2. The first-order valence-corrected chi connectivity index (χ1v) is 9.99. The fourth-order valence-electron chi connectivity index (χ4n) is 4.26. The van der Waals surface area contributed by atoms with Crippen LogP contribution in [0.2, 0.25) is 0 Å². The molecular formula is C22H20N4O6. The van der Waals surface area contributed by atoms with Crippen LogP contribution >= 0.6 is 0 Å². The van der Waals surface area contributed by atoms with Crippen LogP contribution in [0.15, 0.2) is 40.9 Å². The second-order valence-corrected chi connectivity index (χ2v) is 7.89. The van der Waals surface area contributed by atoms with Crippen LogP contribution in [0.5, 0.6) is 5.75 Å². The van der Waals surface area contributed by atoms with E-state index in [0.717, 1.165) is 5.56 Å². The molecule has 0 spiro atoms. The van der Waals surface area contributed by atoms with Crippen LogP contribution in [0.4, 0.5) is 4.79 Å². The van der Waals surface area contributed by atoms with Crippen molar-refractivity contribution in [3.05, 3.63) is 59.1 Å². The quantitative estimate of drug-likeness (QED) is 0.517. The van der Waals surface area contributed by atoms with Gasteiger partial charge in [-0.1, -0.05) is 6.07 Å². The lowest BCUT2D eigenvalue weighted by molar-refractivity contribution is -0.125.